The van der Waals surface area contributed by atoms with Crippen LogP contribution in [0.4, 0.5) is 0 Å². The summed E-state index contributed by atoms with van der Waals surface area (Å²) in [6.07, 6.45) is 5.33. The van der Waals surface area contributed by atoms with E-state index in [9.17, 15) is 0 Å². The minimum Gasteiger partial charge on any atom is -0.305 e. The average Bonchev–Trinajstić information content (AvgIpc) is 3.05. The topological polar surface area (TPSA) is 15.3 Å². The highest BCUT2D eigenvalue weighted by Gasteiger charge is 2.43. The van der Waals surface area contributed by atoms with Crippen molar-refractivity contribution in [3.8, 4) is 0 Å². The van der Waals surface area contributed by atoms with E-state index in [4.69, 9.17) is 0 Å². The van der Waals surface area contributed by atoms with E-state index in [1.54, 1.807) is 11.1 Å². The van der Waals surface area contributed by atoms with Crippen molar-refractivity contribution in [3.05, 3.63) is 35.4 Å². The number of nitrogens with zero attached hydrogens (tertiary/aromatic N) is 1. The molecule has 1 aromatic carbocycles. The third kappa shape index (κ3) is 1.93. The molecule has 108 valence electrons. The summed E-state index contributed by atoms with van der Waals surface area (Å²) in [6, 6.07) is 11.1. The molecule has 2 heterocycles. The SMILES string of the molecule is CC1(C)Cc2ccccc2C1NC1CCN2CCCC12. The molecular weight excluding hydrogens is 244 g/mol. The van der Waals surface area contributed by atoms with Gasteiger partial charge in [-0.25, -0.2) is 0 Å². The summed E-state index contributed by atoms with van der Waals surface area (Å²) in [5.41, 5.74) is 3.45. The summed E-state index contributed by atoms with van der Waals surface area (Å²) < 4.78 is 0. The second-order valence-corrected chi connectivity index (χ2v) is 7.60. The van der Waals surface area contributed by atoms with Crippen LogP contribution in [0.25, 0.3) is 0 Å². The Balaban J connectivity index is 1.58. The van der Waals surface area contributed by atoms with Gasteiger partial charge in [-0.1, -0.05) is 38.1 Å². The maximum absolute atomic E-state index is 4.05. The smallest absolute Gasteiger partial charge is 0.0380 e. The lowest BCUT2D eigenvalue weighted by molar-refractivity contribution is 0.223. The predicted molar refractivity (Wildman–Crippen MR) is 82.8 cm³/mol. The largest absolute Gasteiger partial charge is 0.305 e. The van der Waals surface area contributed by atoms with Gasteiger partial charge in [-0.15, -0.1) is 0 Å². The average molecular weight is 270 g/mol. The molecule has 0 spiro atoms. The van der Waals surface area contributed by atoms with Gasteiger partial charge in [0.05, 0.1) is 0 Å². The molecule has 1 aliphatic carbocycles. The Morgan fingerprint density at radius 1 is 1.15 bits per heavy atom. The molecule has 0 amide bonds. The van der Waals surface area contributed by atoms with Gasteiger partial charge >= 0.3 is 0 Å². The van der Waals surface area contributed by atoms with E-state index < -0.39 is 0 Å². The highest BCUT2D eigenvalue weighted by molar-refractivity contribution is 5.37. The van der Waals surface area contributed by atoms with Crippen LogP contribution in [-0.4, -0.2) is 30.1 Å². The van der Waals surface area contributed by atoms with E-state index in [1.807, 2.05) is 0 Å². The minimum absolute atomic E-state index is 0.343. The first-order valence-corrected chi connectivity index (χ1v) is 8.23. The normalized spacial score (nSPS) is 35.2. The maximum atomic E-state index is 4.05. The van der Waals surface area contributed by atoms with Crippen LogP contribution in [-0.2, 0) is 6.42 Å². The monoisotopic (exact) mass is 270 g/mol. The van der Waals surface area contributed by atoms with Gasteiger partial charge in [0.1, 0.15) is 0 Å². The van der Waals surface area contributed by atoms with Crippen molar-refractivity contribution in [2.45, 2.75) is 57.7 Å². The summed E-state index contributed by atoms with van der Waals surface area (Å²) in [7, 11) is 0. The summed E-state index contributed by atoms with van der Waals surface area (Å²) in [4.78, 5) is 2.70. The fourth-order valence-electron chi connectivity index (χ4n) is 4.80. The lowest BCUT2D eigenvalue weighted by Gasteiger charge is -2.33. The van der Waals surface area contributed by atoms with E-state index in [0.29, 0.717) is 17.5 Å². The molecule has 2 nitrogen and oxygen atoms in total. The molecule has 2 fully saturated rings. The predicted octanol–water partition coefficient (Wildman–Crippen LogP) is 3.14. The molecule has 0 saturated carbocycles. The third-order valence-corrected chi connectivity index (χ3v) is 5.78. The molecule has 0 radical (unpaired) electrons. The summed E-state index contributed by atoms with van der Waals surface area (Å²) in [5.74, 6) is 0. The number of benzene rings is 1. The van der Waals surface area contributed by atoms with Gasteiger partial charge in [0.15, 0.2) is 0 Å². The van der Waals surface area contributed by atoms with Crippen LogP contribution in [0.5, 0.6) is 0 Å². The van der Waals surface area contributed by atoms with E-state index in [-0.39, 0.29) is 0 Å². The van der Waals surface area contributed by atoms with Gasteiger partial charge in [0.2, 0.25) is 0 Å². The van der Waals surface area contributed by atoms with Gasteiger partial charge in [-0.05, 0) is 48.8 Å². The maximum Gasteiger partial charge on any atom is 0.0380 e. The Morgan fingerprint density at radius 2 is 2.00 bits per heavy atom. The number of nitrogens with one attached hydrogen (secondary N) is 1. The first-order chi connectivity index (χ1) is 9.65. The van der Waals surface area contributed by atoms with E-state index in [0.717, 1.165) is 6.04 Å². The fraction of sp³-hybridized carbons (Fsp3) is 0.667. The van der Waals surface area contributed by atoms with Gasteiger partial charge in [0.25, 0.3) is 0 Å². The number of hydrogen-bond donors (Lipinski definition) is 1. The van der Waals surface area contributed by atoms with Crippen molar-refractivity contribution in [2.24, 2.45) is 5.41 Å². The van der Waals surface area contributed by atoms with E-state index >= 15 is 0 Å². The second kappa shape index (κ2) is 4.57. The fourth-order valence-corrected chi connectivity index (χ4v) is 4.80. The Bertz CT molecular complexity index is 508. The van der Waals surface area contributed by atoms with Gasteiger partial charge in [-0.2, -0.15) is 0 Å². The minimum atomic E-state index is 0.343. The third-order valence-electron chi connectivity index (χ3n) is 5.78. The van der Waals surface area contributed by atoms with Crippen LogP contribution in [0, 0.1) is 5.41 Å². The zero-order chi connectivity index (χ0) is 13.7. The number of rotatable bonds is 2. The molecule has 20 heavy (non-hydrogen) atoms. The van der Waals surface area contributed by atoms with Gasteiger partial charge in [-0.3, -0.25) is 4.90 Å². The van der Waals surface area contributed by atoms with Crippen LogP contribution < -0.4 is 5.32 Å². The number of hydrogen-bond acceptors (Lipinski definition) is 2. The molecule has 1 aromatic rings. The van der Waals surface area contributed by atoms with Crippen LogP contribution in [0.1, 0.15) is 50.3 Å². The van der Waals surface area contributed by atoms with Gasteiger partial charge in [0, 0.05) is 24.7 Å². The summed E-state index contributed by atoms with van der Waals surface area (Å²) in [5, 5.41) is 4.05. The van der Waals surface area contributed by atoms with Crippen molar-refractivity contribution in [1.29, 1.82) is 0 Å². The molecule has 3 atom stereocenters. The summed E-state index contributed by atoms with van der Waals surface area (Å²) >= 11 is 0. The molecule has 3 unspecified atom stereocenters. The molecule has 3 aliphatic rings. The first-order valence-electron chi connectivity index (χ1n) is 8.23. The molecular formula is C18H26N2. The first kappa shape index (κ1) is 12.8. The molecule has 1 N–H and O–H groups in total. The van der Waals surface area contributed by atoms with Crippen molar-refractivity contribution in [2.75, 3.05) is 13.1 Å². The van der Waals surface area contributed by atoms with Crippen LogP contribution in [0.15, 0.2) is 24.3 Å². The molecule has 2 aliphatic heterocycles. The molecule has 2 heteroatoms. The molecule has 4 rings (SSSR count). The van der Waals surface area contributed by atoms with Crippen LogP contribution in [0.2, 0.25) is 0 Å². The lowest BCUT2D eigenvalue weighted by Crippen LogP contribution is -2.44. The number of fused-ring (bicyclic) bond motifs is 2. The lowest BCUT2D eigenvalue weighted by atomic mass is 9.84. The Labute approximate surface area is 122 Å². The van der Waals surface area contributed by atoms with E-state index in [1.165, 1.54) is 38.8 Å². The van der Waals surface area contributed by atoms with Crippen LogP contribution >= 0.6 is 0 Å². The van der Waals surface area contributed by atoms with Crippen molar-refractivity contribution in [1.82, 2.24) is 10.2 Å². The van der Waals surface area contributed by atoms with Crippen molar-refractivity contribution < 1.29 is 0 Å². The molecule has 2 saturated heterocycles. The zero-order valence-electron chi connectivity index (χ0n) is 12.7. The Kier molecular flexibility index (Phi) is 2.94. The van der Waals surface area contributed by atoms with Gasteiger partial charge < -0.3 is 5.32 Å². The zero-order valence-corrected chi connectivity index (χ0v) is 12.7. The highest BCUT2D eigenvalue weighted by Crippen LogP contribution is 2.46. The Hall–Kier alpha value is -0.860. The summed E-state index contributed by atoms with van der Waals surface area (Å²) in [6.45, 7) is 7.47. The molecule has 0 bridgehead atoms. The van der Waals surface area contributed by atoms with Crippen LogP contribution in [0.3, 0.4) is 0 Å². The van der Waals surface area contributed by atoms with Crippen molar-refractivity contribution in [3.63, 3.8) is 0 Å². The highest BCUT2D eigenvalue weighted by atomic mass is 15.2. The Morgan fingerprint density at radius 3 is 2.90 bits per heavy atom. The second-order valence-electron chi connectivity index (χ2n) is 7.60. The van der Waals surface area contributed by atoms with E-state index in [2.05, 4.69) is 48.3 Å². The molecule has 0 aromatic heterocycles. The quantitative estimate of drug-likeness (QED) is 0.888. The van der Waals surface area contributed by atoms with Crippen molar-refractivity contribution >= 4 is 0 Å². The standard InChI is InChI=1S/C18H26N2/c1-18(2)12-13-6-3-4-7-14(13)17(18)19-15-9-11-20-10-5-8-16(15)20/h3-4,6-7,15-17,19H,5,8-12H2,1-2H3.